The highest BCUT2D eigenvalue weighted by molar-refractivity contribution is 5.96. The number of rotatable bonds is 4. The predicted molar refractivity (Wildman–Crippen MR) is 102 cm³/mol. The van der Waals surface area contributed by atoms with E-state index in [4.69, 9.17) is 4.52 Å². The molecule has 7 heteroatoms. The van der Waals surface area contributed by atoms with Crippen molar-refractivity contribution in [1.82, 2.24) is 20.4 Å². The van der Waals surface area contributed by atoms with Crippen molar-refractivity contribution in [2.24, 2.45) is 0 Å². The van der Waals surface area contributed by atoms with E-state index < -0.39 is 0 Å². The number of carbonyl (C=O) groups excluding carboxylic acids is 2. The van der Waals surface area contributed by atoms with Gasteiger partial charge in [0.2, 0.25) is 17.6 Å². The summed E-state index contributed by atoms with van der Waals surface area (Å²) in [7, 11) is 0. The summed E-state index contributed by atoms with van der Waals surface area (Å²) < 4.78 is 4.96. The molecular formula is C21H20N4O3. The summed E-state index contributed by atoms with van der Waals surface area (Å²) >= 11 is 0. The van der Waals surface area contributed by atoms with Crippen LogP contribution in [-0.4, -0.2) is 39.9 Å². The Kier molecular flexibility index (Phi) is 4.89. The third-order valence-electron chi connectivity index (χ3n) is 4.82. The maximum absolute atomic E-state index is 12.5. The summed E-state index contributed by atoms with van der Waals surface area (Å²) in [5.41, 5.74) is 3.69. The number of nitrogens with one attached hydrogen (secondary N) is 1. The highest BCUT2D eigenvalue weighted by atomic mass is 16.5. The second kappa shape index (κ2) is 7.64. The molecule has 4 rings (SSSR count). The number of hydrogen-bond acceptors (Lipinski definition) is 5. The van der Waals surface area contributed by atoms with Crippen molar-refractivity contribution in [2.75, 3.05) is 13.1 Å². The van der Waals surface area contributed by atoms with Crippen LogP contribution in [0.1, 0.15) is 27.4 Å². The lowest BCUT2D eigenvalue weighted by atomic mass is 10.00. The Morgan fingerprint density at radius 3 is 2.57 bits per heavy atom. The Morgan fingerprint density at radius 1 is 1.11 bits per heavy atom. The summed E-state index contributed by atoms with van der Waals surface area (Å²) in [6, 6.07) is 15.0. The number of amides is 2. The Morgan fingerprint density at radius 2 is 1.86 bits per heavy atom. The molecule has 2 aromatic carbocycles. The topological polar surface area (TPSA) is 88.3 Å². The molecule has 2 heterocycles. The molecule has 0 aliphatic carbocycles. The molecule has 142 valence electrons. The molecule has 0 spiro atoms. The predicted octanol–water partition coefficient (Wildman–Crippen LogP) is 2.36. The number of aryl methyl sites for hydroxylation is 1. The SMILES string of the molecule is Cc1nc(-c2ccc(C(=O)NCC(=O)N3CCc4ccccc4C3)cc2)no1. The average molecular weight is 376 g/mol. The molecule has 0 unspecified atom stereocenters. The lowest BCUT2D eigenvalue weighted by molar-refractivity contribution is -0.131. The fraction of sp³-hybridized carbons (Fsp3) is 0.238. The van der Waals surface area contributed by atoms with Crippen molar-refractivity contribution in [3.8, 4) is 11.4 Å². The van der Waals surface area contributed by atoms with Crippen LogP contribution in [-0.2, 0) is 17.8 Å². The van der Waals surface area contributed by atoms with Gasteiger partial charge in [-0.3, -0.25) is 9.59 Å². The van der Waals surface area contributed by atoms with Gasteiger partial charge in [0.25, 0.3) is 5.91 Å². The summed E-state index contributed by atoms with van der Waals surface area (Å²) in [4.78, 5) is 30.8. The second-order valence-electron chi connectivity index (χ2n) is 6.73. The molecule has 1 aliphatic rings. The van der Waals surface area contributed by atoms with Crippen LogP contribution in [0, 0.1) is 6.92 Å². The molecule has 1 aromatic heterocycles. The van der Waals surface area contributed by atoms with Crippen LogP contribution in [0.25, 0.3) is 11.4 Å². The fourth-order valence-electron chi connectivity index (χ4n) is 3.27. The van der Waals surface area contributed by atoms with Gasteiger partial charge in [-0.2, -0.15) is 4.98 Å². The van der Waals surface area contributed by atoms with Gasteiger partial charge >= 0.3 is 0 Å². The minimum Gasteiger partial charge on any atom is -0.343 e. The minimum absolute atomic E-state index is 0.0210. The van der Waals surface area contributed by atoms with E-state index in [2.05, 4.69) is 21.5 Å². The molecule has 0 saturated carbocycles. The van der Waals surface area contributed by atoms with E-state index >= 15 is 0 Å². The fourth-order valence-corrected chi connectivity index (χ4v) is 3.27. The molecule has 0 radical (unpaired) electrons. The first-order valence-corrected chi connectivity index (χ1v) is 9.13. The van der Waals surface area contributed by atoms with Crippen molar-refractivity contribution in [2.45, 2.75) is 19.9 Å². The molecule has 0 saturated heterocycles. The smallest absolute Gasteiger partial charge is 0.251 e. The van der Waals surface area contributed by atoms with E-state index in [1.807, 2.05) is 18.2 Å². The lowest BCUT2D eigenvalue weighted by Gasteiger charge is -2.29. The van der Waals surface area contributed by atoms with Gasteiger partial charge in [-0.25, -0.2) is 0 Å². The first kappa shape index (κ1) is 17.9. The lowest BCUT2D eigenvalue weighted by Crippen LogP contribution is -2.42. The summed E-state index contributed by atoms with van der Waals surface area (Å²) in [6.45, 7) is 2.96. The summed E-state index contributed by atoms with van der Waals surface area (Å²) in [5, 5.41) is 6.55. The van der Waals surface area contributed by atoms with Gasteiger partial charge in [-0.05, 0) is 29.7 Å². The van der Waals surface area contributed by atoms with Crippen LogP contribution in [0.5, 0.6) is 0 Å². The third kappa shape index (κ3) is 3.78. The number of nitrogens with zero attached hydrogens (tertiary/aromatic N) is 3. The molecule has 1 aliphatic heterocycles. The van der Waals surface area contributed by atoms with Crippen molar-refractivity contribution >= 4 is 11.8 Å². The Bertz CT molecular complexity index is 1010. The molecule has 3 aromatic rings. The maximum Gasteiger partial charge on any atom is 0.251 e. The zero-order valence-corrected chi connectivity index (χ0v) is 15.5. The van der Waals surface area contributed by atoms with Crippen LogP contribution in [0.2, 0.25) is 0 Å². The van der Waals surface area contributed by atoms with Crippen LogP contribution < -0.4 is 5.32 Å². The van der Waals surface area contributed by atoms with Gasteiger partial charge in [-0.15, -0.1) is 0 Å². The van der Waals surface area contributed by atoms with Gasteiger partial charge in [0.1, 0.15) is 0 Å². The van der Waals surface area contributed by atoms with E-state index in [0.717, 1.165) is 12.0 Å². The summed E-state index contributed by atoms with van der Waals surface area (Å²) in [6.07, 6.45) is 0.840. The van der Waals surface area contributed by atoms with Gasteiger partial charge in [0.15, 0.2) is 0 Å². The Balaban J connectivity index is 1.33. The molecule has 7 nitrogen and oxygen atoms in total. The normalized spacial score (nSPS) is 13.1. The first-order chi connectivity index (χ1) is 13.6. The van der Waals surface area contributed by atoms with E-state index in [-0.39, 0.29) is 18.4 Å². The first-order valence-electron chi connectivity index (χ1n) is 9.13. The minimum atomic E-state index is -0.290. The van der Waals surface area contributed by atoms with E-state index in [9.17, 15) is 9.59 Å². The largest absolute Gasteiger partial charge is 0.343 e. The number of aromatic nitrogens is 2. The van der Waals surface area contributed by atoms with Crippen LogP contribution in [0.4, 0.5) is 0 Å². The van der Waals surface area contributed by atoms with Crippen molar-refractivity contribution in [1.29, 1.82) is 0 Å². The molecule has 2 amide bonds. The highest BCUT2D eigenvalue weighted by Crippen LogP contribution is 2.19. The zero-order valence-electron chi connectivity index (χ0n) is 15.5. The Labute approximate surface area is 162 Å². The monoisotopic (exact) mass is 376 g/mol. The molecule has 0 bridgehead atoms. The van der Waals surface area contributed by atoms with E-state index in [0.29, 0.717) is 30.4 Å². The second-order valence-corrected chi connectivity index (χ2v) is 6.73. The Hall–Kier alpha value is -3.48. The van der Waals surface area contributed by atoms with Crippen LogP contribution in [0.15, 0.2) is 53.1 Å². The van der Waals surface area contributed by atoms with Gasteiger partial charge in [0.05, 0.1) is 6.54 Å². The quantitative estimate of drug-likeness (QED) is 0.755. The molecule has 0 atom stereocenters. The number of hydrogen-bond donors (Lipinski definition) is 1. The number of benzene rings is 2. The van der Waals surface area contributed by atoms with Crippen molar-refractivity contribution < 1.29 is 14.1 Å². The zero-order chi connectivity index (χ0) is 19.5. The van der Waals surface area contributed by atoms with Gasteiger partial charge in [-0.1, -0.05) is 41.6 Å². The third-order valence-corrected chi connectivity index (χ3v) is 4.82. The number of fused-ring (bicyclic) bond motifs is 1. The molecular weight excluding hydrogens is 356 g/mol. The maximum atomic E-state index is 12.5. The van der Waals surface area contributed by atoms with Crippen molar-refractivity contribution in [3.63, 3.8) is 0 Å². The summed E-state index contributed by atoms with van der Waals surface area (Å²) in [5.74, 6) is 0.587. The van der Waals surface area contributed by atoms with Crippen molar-refractivity contribution in [3.05, 3.63) is 71.1 Å². The average Bonchev–Trinajstić information content (AvgIpc) is 3.17. The van der Waals surface area contributed by atoms with Gasteiger partial charge in [0, 0.05) is 31.1 Å². The number of carbonyl (C=O) groups is 2. The standard InChI is InChI=1S/C21H20N4O3/c1-14-23-20(24-28-14)16-6-8-17(9-7-16)21(27)22-12-19(26)25-11-10-15-4-2-3-5-18(15)13-25/h2-9H,10-13H2,1H3,(H,22,27). The van der Waals surface area contributed by atoms with E-state index in [1.165, 1.54) is 11.1 Å². The molecule has 1 N–H and O–H groups in total. The van der Waals surface area contributed by atoms with Crippen LogP contribution in [0.3, 0.4) is 0 Å². The van der Waals surface area contributed by atoms with Crippen LogP contribution >= 0.6 is 0 Å². The van der Waals surface area contributed by atoms with E-state index in [1.54, 1.807) is 36.1 Å². The molecule has 0 fully saturated rings. The van der Waals surface area contributed by atoms with Gasteiger partial charge < -0.3 is 14.7 Å². The highest BCUT2D eigenvalue weighted by Gasteiger charge is 2.20. The molecule has 28 heavy (non-hydrogen) atoms.